The molecule has 0 aliphatic heterocycles. The molecule has 2 amide bonds. The lowest BCUT2D eigenvalue weighted by Gasteiger charge is -2.16. The van der Waals surface area contributed by atoms with Crippen LogP contribution in [0.3, 0.4) is 0 Å². The number of nitrogens with one attached hydrogen (secondary N) is 2. The topological polar surface area (TPSA) is 80.3 Å². The third-order valence-electron chi connectivity index (χ3n) is 4.35. The van der Waals surface area contributed by atoms with Gasteiger partial charge in [-0.1, -0.05) is 12.1 Å². The Balaban J connectivity index is 1.57. The van der Waals surface area contributed by atoms with Crippen LogP contribution in [0.2, 0.25) is 0 Å². The van der Waals surface area contributed by atoms with Crippen LogP contribution in [0.15, 0.2) is 42.6 Å². The molecule has 0 spiro atoms. The molecule has 6 nitrogen and oxygen atoms in total. The predicted octanol–water partition coefficient (Wildman–Crippen LogP) is 3.86. The van der Waals surface area contributed by atoms with Crippen molar-refractivity contribution in [3.05, 3.63) is 53.7 Å². The van der Waals surface area contributed by atoms with Crippen LogP contribution in [-0.4, -0.2) is 29.6 Å². The van der Waals surface area contributed by atoms with Crippen molar-refractivity contribution in [1.29, 1.82) is 0 Å². The summed E-state index contributed by atoms with van der Waals surface area (Å²) in [6, 6.07) is 8.65. The Morgan fingerprint density at radius 1 is 1.21 bits per heavy atom. The number of pyridine rings is 1. The van der Waals surface area contributed by atoms with Crippen LogP contribution in [0, 0.1) is 5.92 Å². The van der Waals surface area contributed by atoms with Gasteiger partial charge in [0.05, 0.1) is 6.04 Å². The zero-order valence-electron chi connectivity index (χ0n) is 15.6. The number of anilines is 1. The number of hydrogen-bond acceptors (Lipinski definition) is 4. The number of ether oxygens (including phenoxy) is 1. The molecule has 0 radical (unpaired) electrons. The SMILES string of the molecule is CC(NC(=O)c1ccnc(NC(=O)C2CC2)c1)c1ccc(OCC(F)(F)F)cc1. The molecule has 1 fully saturated rings. The minimum absolute atomic E-state index is 0.0254. The van der Waals surface area contributed by atoms with E-state index in [9.17, 15) is 22.8 Å². The molecular formula is C20H20F3N3O3. The van der Waals surface area contributed by atoms with E-state index in [4.69, 9.17) is 0 Å². The molecule has 1 aliphatic carbocycles. The van der Waals surface area contributed by atoms with Gasteiger partial charge in [0.1, 0.15) is 11.6 Å². The minimum atomic E-state index is -4.40. The number of carbonyl (C=O) groups is 2. The molecule has 1 atom stereocenters. The highest BCUT2D eigenvalue weighted by Crippen LogP contribution is 2.30. The van der Waals surface area contributed by atoms with Crippen molar-refractivity contribution in [2.45, 2.75) is 32.0 Å². The summed E-state index contributed by atoms with van der Waals surface area (Å²) in [5, 5.41) is 5.49. The molecule has 1 aromatic heterocycles. The highest BCUT2D eigenvalue weighted by Gasteiger charge is 2.30. The number of alkyl halides is 3. The summed E-state index contributed by atoms with van der Waals surface area (Å²) in [4.78, 5) is 28.4. The molecule has 3 rings (SSSR count). The average molecular weight is 407 g/mol. The average Bonchev–Trinajstić information content (AvgIpc) is 3.52. The molecule has 1 heterocycles. The summed E-state index contributed by atoms with van der Waals surface area (Å²) in [5.41, 5.74) is 1.04. The fourth-order valence-electron chi connectivity index (χ4n) is 2.60. The lowest BCUT2D eigenvalue weighted by Crippen LogP contribution is -2.27. The second-order valence-corrected chi connectivity index (χ2v) is 6.86. The fourth-order valence-corrected chi connectivity index (χ4v) is 2.60. The lowest BCUT2D eigenvalue weighted by atomic mass is 10.1. The molecule has 1 saturated carbocycles. The highest BCUT2D eigenvalue weighted by molar-refractivity contribution is 5.97. The number of halogens is 3. The third-order valence-corrected chi connectivity index (χ3v) is 4.35. The Morgan fingerprint density at radius 3 is 2.52 bits per heavy atom. The Morgan fingerprint density at radius 2 is 1.90 bits per heavy atom. The van der Waals surface area contributed by atoms with Crippen molar-refractivity contribution in [1.82, 2.24) is 10.3 Å². The summed E-state index contributed by atoms with van der Waals surface area (Å²) < 4.78 is 41.2. The summed E-state index contributed by atoms with van der Waals surface area (Å²) in [6.45, 7) is 0.390. The largest absolute Gasteiger partial charge is 0.484 e. The highest BCUT2D eigenvalue weighted by atomic mass is 19.4. The van der Waals surface area contributed by atoms with E-state index >= 15 is 0 Å². The Bertz CT molecular complexity index is 881. The predicted molar refractivity (Wildman–Crippen MR) is 99.5 cm³/mol. The Kier molecular flexibility index (Phi) is 6.05. The Labute approximate surface area is 165 Å². The van der Waals surface area contributed by atoms with E-state index in [1.54, 1.807) is 19.1 Å². The molecule has 2 aromatic rings. The standard InChI is InChI=1S/C20H20F3N3O3/c1-12(13-4-6-16(7-5-13)29-11-20(21,22)23)25-19(28)15-8-9-24-17(10-15)26-18(27)14-2-3-14/h4-10,12,14H,2-3,11H2,1H3,(H,25,28)(H,24,26,27). The van der Waals surface area contributed by atoms with Crippen LogP contribution in [0.25, 0.3) is 0 Å². The normalized spacial score (nSPS) is 14.8. The van der Waals surface area contributed by atoms with Crippen LogP contribution >= 0.6 is 0 Å². The number of aromatic nitrogens is 1. The van der Waals surface area contributed by atoms with Crippen molar-refractivity contribution in [3.8, 4) is 5.75 Å². The molecule has 1 aliphatic rings. The zero-order chi connectivity index (χ0) is 21.0. The quantitative estimate of drug-likeness (QED) is 0.730. The fraction of sp³-hybridized carbons (Fsp3) is 0.350. The van der Waals surface area contributed by atoms with E-state index < -0.39 is 18.8 Å². The maximum atomic E-state index is 12.5. The number of rotatable bonds is 7. The minimum Gasteiger partial charge on any atom is -0.484 e. The first kappa shape index (κ1) is 20.6. The third kappa shape index (κ3) is 6.20. The molecule has 29 heavy (non-hydrogen) atoms. The summed E-state index contributed by atoms with van der Waals surface area (Å²) >= 11 is 0. The van der Waals surface area contributed by atoms with E-state index in [2.05, 4.69) is 20.4 Å². The monoisotopic (exact) mass is 407 g/mol. The molecular weight excluding hydrogens is 387 g/mol. The van der Waals surface area contributed by atoms with Gasteiger partial charge in [0.2, 0.25) is 5.91 Å². The number of hydrogen-bond donors (Lipinski definition) is 2. The second kappa shape index (κ2) is 8.50. The van der Waals surface area contributed by atoms with E-state index in [-0.39, 0.29) is 23.5 Å². The smallest absolute Gasteiger partial charge is 0.422 e. The summed E-state index contributed by atoms with van der Waals surface area (Å²) in [5.74, 6) is -0.0315. The van der Waals surface area contributed by atoms with Gasteiger partial charge in [-0.25, -0.2) is 4.98 Å². The van der Waals surface area contributed by atoms with Gasteiger partial charge in [-0.05, 0) is 49.6 Å². The molecule has 9 heteroatoms. The number of amides is 2. The number of nitrogens with zero attached hydrogens (tertiary/aromatic N) is 1. The van der Waals surface area contributed by atoms with Gasteiger partial charge in [0, 0.05) is 17.7 Å². The first-order chi connectivity index (χ1) is 13.7. The van der Waals surface area contributed by atoms with E-state index in [1.807, 2.05) is 0 Å². The molecule has 154 valence electrons. The van der Waals surface area contributed by atoms with Gasteiger partial charge >= 0.3 is 6.18 Å². The van der Waals surface area contributed by atoms with Crippen LogP contribution in [0.4, 0.5) is 19.0 Å². The van der Waals surface area contributed by atoms with Crippen LogP contribution in [0.1, 0.15) is 41.7 Å². The van der Waals surface area contributed by atoms with Crippen LogP contribution in [-0.2, 0) is 4.79 Å². The number of carbonyl (C=O) groups excluding carboxylic acids is 2. The molecule has 1 unspecified atom stereocenters. The van der Waals surface area contributed by atoms with Gasteiger partial charge in [0.15, 0.2) is 6.61 Å². The van der Waals surface area contributed by atoms with Gasteiger partial charge < -0.3 is 15.4 Å². The van der Waals surface area contributed by atoms with Gasteiger partial charge in [0.25, 0.3) is 5.91 Å². The van der Waals surface area contributed by atoms with Gasteiger partial charge in [-0.3, -0.25) is 9.59 Å². The van der Waals surface area contributed by atoms with Crippen LogP contribution < -0.4 is 15.4 Å². The zero-order valence-corrected chi connectivity index (χ0v) is 15.6. The molecule has 1 aromatic carbocycles. The van der Waals surface area contributed by atoms with Gasteiger partial charge in [-0.2, -0.15) is 13.2 Å². The summed E-state index contributed by atoms with van der Waals surface area (Å²) in [6.07, 6.45) is -1.23. The summed E-state index contributed by atoms with van der Waals surface area (Å²) in [7, 11) is 0. The second-order valence-electron chi connectivity index (χ2n) is 6.86. The maximum absolute atomic E-state index is 12.5. The van der Waals surface area contributed by atoms with Crippen molar-refractivity contribution in [3.63, 3.8) is 0 Å². The van der Waals surface area contributed by atoms with Crippen molar-refractivity contribution >= 4 is 17.6 Å². The van der Waals surface area contributed by atoms with E-state index in [0.29, 0.717) is 16.9 Å². The Hall–Kier alpha value is -3.10. The number of benzene rings is 1. The van der Waals surface area contributed by atoms with E-state index in [1.165, 1.54) is 30.5 Å². The van der Waals surface area contributed by atoms with Crippen LogP contribution in [0.5, 0.6) is 5.75 Å². The molecule has 0 saturated heterocycles. The van der Waals surface area contributed by atoms with Crippen molar-refractivity contribution < 1.29 is 27.5 Å². The maximum Gasteiger partial charge on any atom is 0.422 e. The lowest BCUT2D eigenvalue weighted by molar-refractivity contribution is -0.153. The first-order valence-corrected chi connectivity index (χ1v) is 9.08. The molecule has 2 N–H and O–H groups in total. The van der Waals surface area contributed by atoms with Gasteiger partial charge in [-0.15, -0.1) is 0 Å². The van der Waals surface area contributed by atoms with Crippen molar-refractivity contribution in [2.75, 3.05) is 11.9 Å². The molecule has 0 bridgehead atoms. The van der Waals surface area contributed by atoms with E-state index in [0.717, 1.165) is 12.8 Å². The van der Waals surface area contributed by atoms with Crippen molar-refractivity contribution in [2.24, 2.45) is 5.92 Å². The first-order valence-electron chi connectivity index (χ1n) is 9.08.